The maximum atomic E-state index is 11.6. The SMILES string of the molecule is C=C(C)C(=O)Oc1c(N)ccc2ccc(N)cc12. The predicted molar refractivity (Wildman–Crippen MR) is 73.2 cm³/mol. The third-order valence-electron chi connectivity index (χ3n) is 2.57. The highest BCUT2D eigenvalue weighted by atomic mass is 16.5. The van der Waals surface area contributed by atoms with Gasteiger partial charge in [0.2, 0.25) is 0 Å². The summed E-state index contributed by atoms with van der Waals surface area (Å²) < 4.78 is 5.26. The number of carbonyl (C=O) groups is 1. The molecular formula is C14H14N2O2. The van der Waals surface area contributed by atoms with Gasteiger partial charge in [-0.05, 0) is 30.5 Å². The number of hydrogen-bond acceptors (Lipinski definition) is 4. The molecule has 0 aliphatic carbocycles. The molecule has 0 radical (unpaired) electrons. The van der Waals surface area contributed by atoms with Crippen molar-refractivity contribution in [2.45, 2.75) is 6.92 Å². The Morgan fingerprint density at radius 3 is 2.56 bits per heavy atom. The van der Waals surface area contributed by atoms with Crippen molar-refractivity contribution in [1.29, 1.82) is 0 Å². The maximum absolute atomic E-state index is 11.6. The zero-order valence-electron chi connectivity index (χ0n) is 10.1. The van der Waals surface area contributed by atoms with Crippen LogP contribution in [0.5, 0.6) is 5.75 Å². The predicted octanol–water partition coefficient (Wildman–Crippen LogP) is 2.49. The van der Waals surface area contributed by atoms with Gasteiger partial charge in [0, 0.05) is 16.6 Å². The van der Waals surface area contributed by atoms with Crippen LogP contribution in [0, 0.1) is 0 Å². The number of anilines is 2. The van der Waals surface area contributed by atoms with Gasteiger partial charge in [0.25, 0.3) is 0 Å². The third kappa shape index (κ3) is 2.13. The van der Waals surface area contributed by atoms with Crippen molar-refractivity contribution in [3.63, 3.8) is 0 Å². The van der Waals surface area contributed by atoms with Crippen molar-refractivity contribution in [2.24, 2.45) is 0 Å². The average Bonchev–Trinajstić information content (AvgIpc) is 2.32. The number of fused-ring (bicyclic) bond motifs is 1. The summed E-state index contributed by atoms with van der Waals surface area (Å²) in [5.74, 6) is -0.176. The zero-order chi connectivity index (χ0) is 13.3. The van der Waals surface area contributed by atoms with Crippen molar-refractivity contribution in [2.75, 3.05) is 11.5 Å². The van der Waals surface area contributed by atoms with Gasteiger partial charge in [-0.3, -0.25) is 0 Å². The number of nitrogen functional groups attached to an aromatic ring is 2. The Bertz CT molecular complexity index is 642. The lowest BCUT2D eigenvalue weighted by atomic mass is 10.1. The number of ether oxygens (including phenoxy) is 1. The van der Waals surface area contributed by atoms with Crippen molar-refractivity contribution in [1.82, 2.24) is 0 Å². The first-order chi connectivity index (χ1) is 8.49. The molecule has 0 amide bonds. The lowest BCUT2D eigenvalue weighted by Gasteiger charge is -2.11. The first-order valence-electron chi connectivity index (χ1n) is 5.44. The topological polar surface area (TPSA) is 78.3 Å². The summed E-state index contributed by atoms with van der Waals surface area (Å²) in [7, 11) is 0. The van der Waals surface area contributed by atoms with E-state index in [1.165, 1.54) is 0 Å². The molecule has 0 atom stereocenters. The second-order valence-electron chi connectivity index (χ2n) is 4.13. The van der Waals surface area contributed by atoms with Gasteiger partial charge in [0.05, 0.1) is 5.69 Å². The molecule has 0 fully saturated rings. The Labute approximate surface area is 105 Å². The molecule has 0 spiro atoms. The molecular weight excluding hydrogens is 228 g/mol. The Hall–Kier alpha value is -2.49. The monoisotopic (exact) mass is 242 g/mol. The minimum absolute atomic E-state index is 0.315. The van der Waals surface area contributed by atoms with Gasteiger partial charge in [-0.15, -0.1) is 0 Å². The van der Waals surface area contributed by atoms with Crippen LogP contribution in [0.3, 0.4) is 0 Å². The van der Waals surface area contributed by atoms with Crippen LogP contribution in [-0.4, -0.2) is 5.97 Å². The van der Waals surface area contributed by atoms with Crippen molar-refractivity contribution >= 4 is 28.1 Å². The Balaban J connectivity index is 2.60. The van der Waals surface area contributed by atoms with Crippen molar-refractivity contribution in [3.05, 3.63) is 42.5 Å². The fourth-order valence-electron chi connectivity index (χ4n) is 1.62. The Morgan fingerprint density at radius 1 is 1.22 bits per heavy atom. The van der Waals surface area contributed by atoms with Crippen LogP contribution in [0.4, 0.5) is 11.4 Å². The first kappa shape index (κ1) is 12.0. The number of esters is 1. The smallest absolute Gasteiger partial charge is 0.338 e. The molecule has 4 nitrogen and oxygen atoms in total. The van der Waals surface area contributed by atoms with Crippen LogP contribution < -0.4 is 16.2 Å². The van der Waals surface area contributed by atoms with E-state index in [1.807, 2.05) is 12.1 Å². The fourth-order valence-corrected chi connectivity index (χ4v) is 1.62. The van der Waals surface area contributed by atoms with Crippen molar-refractivity contribution < 1.29 is 9.53 Å². The number of benzene rings is 2. The van der Waals surface area contributed by atoms with E-state index >= 15 is 0 Å². The molecule has 4 heteroatoms. The van der Waals surface area contributed by atoms with Gasteiger partial charge < -0.3 is 16.2 Å². The van der Waals surface area contributed by atoms with Gasteiger partial charge in [-0.2, -0.15) is 0 Å². The zero-order valence-corrected chi connectivity index (χ0v) is 10.1. The molecule has 4 N–H and O–H groups in total. The number of rotatable bonds is 2. The molecule has 0 saturated carbocycles. The van der Waals surface area contributed by atoms with E-state index in [0.717, 1.165) is 5.39 Å². The van der Waals surface area contributed by atoms with Gasteiger partial charge >= 0.3 is 5.97 Å². The molecule has 0 bridgehead atoms. The van der Waals surface area contributed by atoms with Gasteiger partial charge in [0.15, 0.2) is 5.75 Å². The van der Waals surface area contributed by atoms with E-state index in [-0.39, 0.29) is 0 Å². The molecule has 18 heavy (non-hydrogen) atoms. The Morgan fingerprint density at radius 2 is 1.89 bits per heavy atom. The molecule has 92 valence electrons. The molecule has 0 aliphatic rings. The summed E-state index contributed by atoms with van der Waals surface area (Å²) in [6.45, 7) is 5.12. The molecule has 2 aromatic rings. The van der Waals surface area contributed by atoms with E-state index in [0.29, 0.717) is 28.1 Å². The third-order valence-corrected chi connectivity index (χ3v) is 2.57. The van der Waals surface area contributed by atoms with Crippen LogP contribution in [0.1, 0.15) is 6.92 Å². The summed E-state index contributed by atoms with van der Waals surface area (Å²) in [5.41, 5.74) is 12.9. The van der Waals surface area contributed by atoms with Crippen molar-refractivity contribution in [3.8, 4) is 5.75 Å². The normalized spacial score (nSPS) is 10.3. The second kappa shape index (κ2) is 4.41. The molecule has 0 saturated heterocycles. The average molecular weight is 242 g/mol. The largest absolute Gasteiger partial charge is 0.420 e. The van der Waals surface area contributed by atoms with E-state index in [2.05, 4.69) is 6.58 Å². The van der Waals surface area contributed by atoms with Gasteiger partial charge in [-0.25, -0.2) is 4.79 Å². The van der Waals surface area contributed by atoms with Crippen LogP contribution in [0.25, 0.3) is 10.8 Å². The second-order valence-corrected chi connectivity index (χ2v) is 4.13. The quantitative estimate of drug-likeness (QED) is 0.367. The lowest BCUT2D eigenvalue weighted by molar-refractivity contribution is -0.129. The van der Waals surface area contributed by atoms with Crippen LogP contribution >= 0.6 is 0 Å². The Kier molecular flexibility index (Phi) is 2.93. The maximum Gasteiger partial charge on any atom is 0.338 e. The lowest BCUT2D eigenvalue weighted by Crippen LogP contribution is -2.10. The minimum Gasteiger partial charge on any atom is -0.420 e. The molecule has 2 rings (SSSR count). The highest BCUT2D eigenvalue weighted by molar-refractivity contribution is 5.98. The molecule has 0 heterocycles. The summed E-state index contributed by atoms with van der Waals surface area (Å²) in [5, 5.41) is 1.62. The van der Waals surface area contributed by atoms with E-state index in [1.54, 1.807) is 25.1 Å². The number of hydrogen-bond donors (Lipinski definition) is 2. The van der Waals surface area contributed by atoms with Gasteiger partial charge in [0.1, 0.15) is 0 Å². The summed E-state index contributed by atoms with van der Waals surface area (Å²) in [6, 6.07) is 8.90. The molecule has 0 unspecified atom stereocenters. The summed E-state index contributed by atoms with van der Waals surface area (Å²) >= 11 is 0. The van der Waals surface area contributed by atoms with E-state index < -0.39 is 5.97 Å². The fraction of sp³-hybridized carbons (Fsp3) is 0.0714. The standard InChI is InChI=1S/C14H14N2O2/c1-8(2)14(17)18-13-11-7-10(15)5-3-9(11)4-6-12(13)16/h3-7H,1,15-16H2,2H3. The highest BCUT2D eigenvalue weighted by Gasteiger charge is 2.12. The highest BCUT2D eigenvalue weighted by Crippen LogP contribution is 2.33. The molecule has 0 aliphatic heterocycles. The number of carbonyl (C=O) groups excluding carboxylic acids is 1. The molecule has 2 aromatic carbocycles. The number of nitrogens with two attached hydrogens (primary N) is 2. The van der Waals surface area contributed by atoms with Crippen LogP contribution in [-0.2, 0) is 4.79 Å². The van der Waals surface area contributed by atoms with E-state index in [9.17, 15) is 4.79 Å². The minimum atomic E-state index is -0.503. The van der Waals surface area contributed by atoms with Crippen LogP contribution in [0.15, 0.2) is 42.5 Å². The first-order valence-corrected chi connectivity index (χ1v) is 5.44. The van der Waals surface area contributed by atoms with E-state index in [4.69, 9.17) is 16.2 Å². The summed E-state index contributed by atoms with van der Waals surface area (Å²) in [6.07, 6.45) is 0. The molecule has 0 aromatic heterocycles. The van der Waals surface area contributed by atoms with Gasteiger partial charge in [-0.1, -0.05) is 18.7 Å². The summed E-state index contributed by atoms with van der Waals surface area (Å²) in [4.78, 5) is 11.6. The van der Waals surface area contributed by atoms with Crippen LogP contribution in [0.2, 0.25) is 0 Å².